The summed E-state index contributed by atoms with van der Waals surface area (Å²) in [7, 11) is 1.38. The van der Waals surface area contributed by atoms with Gasteiger partial charge in [0.05, 0.1) is 18.4 Å². The highest BCUT2D eigenvalue weighted by molar-refractivity contribution is 5.91. The van der Waals surface area contributed by atoms with Gasteiger partial charge in [-0.1, -0.05) is 30.3 Å². The van der Waals surface area contributed by atoms with Crippen LogP contribution in [0.4, 0.5) is 11.4 Å². The first-order valence-electron chi connectivity index (χ1n) is 9.70. The summed E-state index contributed by atoms with van der Waals surface area (Å²) in [6.07, 6.45) is 1.81. The normalized spacial score (nSPS) is 13.0. The highest BCUT2D eigenvalue weighted by Crippen LogP contribution is 2.30. The Morgan fingerprint density at radius 2 is 1.62 bits per heavy atom. The number of aryl methyl sites for hydroxylation is 2. The molecule has 4 rings (SSSR count). The second-order valence-corrected chi connectivity index (χ2v) is 7.45. The molecular weight excluding hydrogens is 360 g/mol. The molecular formula is C25H24N2O2. The van der Waals surface area contributed by atoms with Gasteiger partial charge in [0.1, 0.15) is 0 Å². The Kier molecular flexibility index (Phi) is 5.17. The lowest BCUT2D eigenvalue weighted by Gasteiger charge is -2.17. The van der Waals surface area contributed by atoms with Crippen molar-refractivity contribution in [2.45, 2.75) is 26.9 Å². The fourth-order valence-electron chi connectivity index (χ4n) is 3.63. The molecule has 3 aromatic rings. The van der Waals surface area contributed by atoms with Crippen LogP contribution in [0.2, 0.25) is 0 Å². The first-order valence-corrected chi connectivity index (χ1v) is 9.70. The number of anilines is 1. The maximum atomic E-state index is 11.6. The lowest BCUT2D eigenvalue weighted by atomic mass is 10.0. The maximum absolute atomic E-state index is 11.6. The standard InChI is InChI=1S/C25H24N2O2/c1-17-11-21-15-27(16-22(21)12-18(17)2)24-9-7-19(8-10-24)14-26-23-6-4-5-20(13-23)25(28)29-3/h4-14H,15-16H2,1-3H3. The van der Waals surface area contributed by atoms with Crippen molar-refractivity contribution in [2.75, 3.05) is 12.0 Å². The predicted molar refractivity (Wildman–Crippen MR) is 117 cm³/mol. The molecule has 0 amide bonds. The van der Waals surface area contributed by atoms with Gasteiger partial charge in [-0.2, -0.15) is 0 Å². The van der Waals surface area contributed by atoms with Crippen molar-refractivity contribution in [3.05, 3.63) is 94.0 Å². The van der Waals surface area contributed by atoms with Gasteiger partial charge >= 0.3 is 5.97 Å². The lowest BCUT2D eigenvalue weighted by Crippen LogP contribution is -2.14. The Labute approximate surface area is 171 Å². The molecule has 146 valence electrons. The number of hydrogen-bond acceptors (Lipinski definition) is 4. The number of fused-ring (bicyclic) bond motifs is 1. The van der Waals surface area contributed by atoms with Crippen molar-refractivity contribution in [1.29, 1.82) is 0 Å². The van der Waals surface area contributed by atoms with Crippen molar-refractivity contribution in [3.63, 3.8) is 0 Å². The zero-order chi connectivity index (χ0) is 20.4. The molecule has 0 bridgehead atoms. The number of aliphatic imine (C=N–C) groups is 1. The van der Waals surface area contributed by atoms with Crippen LogP contribution in [0.5, 0.6) is 0 Å². The fourth-order valence-corrected chi connectivity index (χ4v) is 3.63. The summed E-state index contributed by atoms with van der Waals surface area (Å²) in [6, 6.07) is 20.2. The second kappa shape index (κ2) is 7.92. The number of rotatable bonds is 4. The molecule has 0 aliphatic carbocycles. The van der Waals surface area contributed by atoms with Crippen molar-refractivity contribution < 1.29 is 9.53 Å². The summed E-state index contributed by atoms with van der Waals surface area (Å²) in [5.41, 5.74) is 8.99. The SMILES string of the molecule is COC(=O)c1cccc(N=Cc2ccc(N3Cc4cc(C)c(C)cc4C3)cc2)c1. The quantitative estimate of drug-likeness (QED) is 0.449. The third kappa shape index (κ3) is 4.06. The van der Waals surface area contributed by atoms with Gasteiger partial charge in [-0.25, -0.2) is 4.79 Å². The van der Waals surface area contributed by atoms with E-state index in [0.717, 1.165) is 24.3 Å². The summed E-state index contributed by atoms with van der Waals surface area (Å²) < 4.78 is 4.76. The van der Waals surface area contributed by atoms with E-state index < -0.39 is 0 Å². The van der Waals surface area contributed by atoms with Gasteiger partial charge in [0.25, 0.3) is 0 Å². The molecule has 4 nitrogen and oxygen atoms in total. The Bertz CT molecular complexity index is 1050. The van der Waals surface area contributed by atoms with Crippen LogP contribution in [0, 0.1) is 13.8 Å². The first-order chi connectivity index (χ1) is 14.0. The molecule has 1 aliphatic heterocycles. The van der Waals surface area contributed by atoms with Gasteiger partial charge in [-0.05, 0) is 72.0 Å². The Morgan fingerprint density at radius 3 is 2.24 bits per heavy atom. The smallest absolute Gasteiger partial charge is 0.337 e. The largest absolute Gasteiger partial charge is 0.465 e. The molecule has 0 spiro atoms. The van der Waals surface area contributed by atoms with Gasteiger partial charge in [0.15, 0.2) is 0 Å². The molecule has 1 aliphatic rings. The zero-order valence-electron chi connectivity index (χ0n) is 17.0. The molecule has 1 heterocycles. The molecule has 0 saturated heterocycles. The lowest BCUT2D eigenvalue weighted by molar-refractivity contribution is 0.0601. The minimum absolute atomic E-state index is 0.358. The molecule has 0 N–H and O–H groups in total. The molecule has 4 heteroatoms. The van der Waals surface area contributed by atoms with Crippen LogP contribution in [-0.2, 0) is 17.8 Å². The van der Waals surface area contributed by atoms with Gasteiger partial charge in [0, 0.05) is 25.0 Å². The molecule has 0 saturated carbocycles. The van der Waals surface area contributed by atoms with Crippen LogP contribution >= 0.6 is 0 Å². The topological polar surface area (TPSA) is 41.9 Å². The van der Waals surface area contributed by atoms with E-state index in [-0.39, 0.29) is 5.97 Å². The zero-order valence-corrected chi connectivity index (χ0v) is 17.0. The van der Waals surface area contributed by atoms with Crippen molar-refractivity contribution >= 4 is 23.6 Å². The number of ether oxygens (including phenoxy) is 1. The van der Waals surface area contributed by atoms with Crippen LogP contribution in [-0.4, -0.2) is 19.3 Å². The number of carbonyl (C=O) groups excluding carboxylic acids is 1. The number of nitrogens with zero attached hydrogens (tertiary/aromatic N) is 2. The number of benzene rings is 3. The molecule has 29 heavy (non-hydrogen) atoms. The highest BCUT2D eigenvalue weighted by Gasteiger charge is 2.19. The Balaban J connectivity index is 1.46. The summed E-state index contributed by atoms with van der Waals surface area (Å²) in [5, 5.41) is 0. The minimum atomic E-state index is -0.358. The molecule has 0 unspecified atom stereocenters. The monoisotopic (exact) mass is 384 g/mol. The Morgan fingerprint density at radius 1 is 0.966 bits per heavy atom. The van der Waals surface area contributed by atoms with Crippen molar-refractivity contribution in [1.82, 2.24) is 0 Å². The van der Waals surface area contributed by atoms with E-state index in [1.54, 1.807) is 18.2 Å². The van der Waals surface area contributed by atoms with Crippen LogP contribution in [0.25, 0.3) is 0 Å². The van der Waals surface area contributed by atoms with E-state index in [4.69, 9.17) is 4.74 Å². The van der Waals surface area contributed by atoms with E-state index in [1.165, 1.54) is 35.1 Å². The maximum Gasteiger partial charge on any atom is 0.337 e. The average molecular weight is 384 g/mol. The van der Waals surface area contributed by atoms with E-state index in [9.17, 15) is 4.79 Å². The molecule has 0 radical (unpaired) electrons. The van der Waals surface area contributed by atoms with Gasteiger partial charge in [0.2, 0.25) is 0 Å². The molecule has 0 fully saturated rings. The van der Waals surface area contributed by atoms with Crippen LogP contribution in [0.3, 0.4) is 0 Å². The average Bonchev–Trinajstić information content (AvgIpc) is 3.15. The van der Waals surface area contributed by atoms with E-state index in [1.807, 2.05) is 12.3 Å². The third-order valence-electron chi connectivity index (χ3n) is 5.43. The minimum Gasteiger partial charge on any atom is -0.465 e. The summed E-state index contributed by atoms with van der Waals surface area (Å²) in [5.74, 6) is -0.358. The Hall–Kier alpha value is -3.40. The third-order valence-corrected chi connectivity index (χ3v) is 5.43. The highest BCUT2D eigenvalue weighted by atomic mass is 16.5. The van der Waals surface area contributed by atoms with Crippen molar-refractivity contribution in [2.24, 2.45) is 4.99 Å². The van der Waals surface area contributed by atoms with Crippen LogP contribution in [0.1, 0.15) is 38.2 Å². The summed E-state index contributed by atoms with van der Waals surface area (Å²) in [4.78, 5) is 18.5. The number of carbonyl (C=O) groups is 1. The number of esters is 1. The fraction of sp³-hybridized carbons (Fsp3) is 0.200. The summed E-state index contributed by atoms with van der Waals surface area (Å²) in [6.45, 7) is 6.25. The van der Waals surface area contributed by atoms with E-state index in [2.05, 4.69) is 60.1 Å². The second-order valence-electron chi connectivity index (χ2n) is 7.45. The van der Waals surface area contributed by atoms with E-state index >= 15 is 0 Å². The van der Waals surface area contributed by atoms with Gasteiger partial charge < -0.3 is 9.64 Å². The number of hydrogen-bond donors (Lipinski definition) is 0. The van der Waals surface area contributed by atoms with Gasteiger partial charge in [-0.3, -0.25) is 4.99 Å². The van der Waals surface area contributed by atoms with E-state index in [0.29, 0.717) is 5.56 Å². The predicted octanol–water partition coefficient (Wildman–Crippen LogP) is 5.36. The number of methoxy groups -OCH3 is 1. The summed E-state index contributed by atoms with van der Waals surface area (Å²) >= 11 is 0. The molecule has 0 aromatic heterocycles. The molecule has 3 aromatic carbocycles. The molecule has 0 atom stereocenters. The van der Waals surface area contributed by atoms with Crippen LogP contribution < -0.4 is 4.90 Å². The van der Waals surface area contributed by atoms with Gasteiger partial charge in [-0.15, -0.1) is 0 Å². The van der Waals surface area contributed by atoms with Crippen molar-refractivity contribution in [3.8, 4) is 0 Å². The first kappa shape index (κ1) is 18.9. The van der Waals surface area contributed by atoms with Crippen LogP contribution in [0.15, 0.2) is 65.7 Å².